The number of carbonyl (C=O) groups excluding carboxylic acids is 5. The molecule has 11 nitrogen and oxygen atoms in total. The van der Waals surface area contributed by atoms with E-state index in [4.69, 9.17) is 14.2 Å². The number of Topliss-reactive ketones (excluding diaryl/α,β-unsaturated/α-hetero) is 1. The molecule has 5 rings (SSSR count). The molecule has 2 saturated carbocycles. The fourth-order valence-electron chi connectivity index (χ4n) is 7.18. The number of anilines is 1. The lowest BCUT2D eigenvalue weighted by atomic mass is 9.69. The molecule has 49 heavy (non-hydrogen) atoms. The van der Waals surface area contributed by atoms with Crippen molar-refractivity contribution in [1.82, 2.24) is 4.90 Å². The van der Waals surface area contributed by atoms with E-state index in [0.29, 0.717) is 23.7 Å². The molecule has 1 aliphatic heterocycles. The summed E-state index contributed by atoms with van der Waals surface area (Å²) < 4.78 is 21.7. The molecule has 11 heteroatoms. The van der Waals surface area contributed by atoms with E-state index >= 15 is 0 Å². The highest BCUT2D eigenvalue weighted by Crippen LogP contribution is 2.49. The molecule has 1 saturated heterocycles. The largest absolute Gasteiger partial charge is 0.460 e. The van der Waals surface area contributed by atoms with Crippen LogP contribution in [-0.2, 0) is 35.1 Å². The molecule has 3 aliphatic rings. The van der Waals surface area contributed by atoms with E-state index in [-0.39, 0.29) is 36.2 Å². The van der Waals surface area contributed by atoms with Crippen LogP contribution in [-0.4, -0.2) is 66.7 Å². The minimum atomic E-state index is -0.871. The molecule has 2 aromatic rings. The summed E-state index contributed by atoms with van der Waals surface area (Å²) in [7, 11) is 1.25. The van der Waals surface area contributed by atoms with Gasteiger partial charge in [0.05, 0.1) is 13.0 Å². The summed E-state index contributed by atoms with van der Waals surface area (Å²) in [6.45, 7) is 5.55. The zero-order valence-electron chi connectivity index (χ0n) is 28.9. The van der Waals surface area contributed by atoms with Crippen molar-refractivity contribution in [2.24, 2.45) is 29.6 Å². The minimum Gasteiger partial charge on any atom is -0.460 e. The van der Waals surface area contributed by atoms with Crippen LogP contribution >= 0.6 is 0 Å². The number of amides is 2. The lowest BCUT2D eigenvalue weighted by Crippen LogP contribution is -2.57. The molecule has 3 unspecified atom stereocenters. The van der Waals surface area contributed by atoms with Gasteiger partial charge in [0.2, 0.25) is 0 Å². The Kier molecular flexibility index (Phi) is 11.6. The van der Waals surface area contributed by atoms with E-state index in [1.165, 1.54) is 19.2 Å². The predicted molar refractivity (Wildman–Crippen MR) is 180 cm³/mol. The second kappa shape index (κ2) is 15.9. The Bertz CT molecular complexity index is 1470. The Hall–Kier alpha value is -4.41. The third-order valence-electron chi connectivity index (χ3n) is 9.82. The number of carbonyl (C=O) groups is 5. The fraction of sp³-hybridized carbons (Fsp3) is 0.553. The number of esters is 2. The van der Waals surface area contributed by atoms with Gasteiger partial charge in [-0.1, -0.05) is 30.3 Å². The van der Waals surface area contributed by atoms with Gasteiger partial charge in [-0.3, -0.25) is 19.8 Å². The zero-order chi connectivity index (χ0) is 35.1. The minimum absolute atomic E-state index is 0.0665. The van der Waals surface area contributed by atoms with Crippen LogP contribution in [0.3, 0.4) is 0 Å². The summed E-state index contributed by atoms with van der Waals surface area (Å²) in [4.78, 5) is 66.4. The number of hydrogen-bond donors (Lipinski definition) is 1. The number of ether oxygens (including phenoxy) is 4. The van der Waals surface area contributed by atoms with Gasteiger partial charge in [-0.25, -0.2) is 14.4 Å². The van der Waals surface area contributed by atoms with E-state index < -0.39 is 42.2 Å². The highest BCUT2D eigenvalue weighted by molar-refractivity contribution is 5.99. The molecule has 1 N–H and O–H groups in total. The molecular weight excluding hydrogens is 628 g/mol. The van der Waals surface area contributed by atoms with Crippen molar-refractivity contribution >= 4 is 35.6 Å². The van der Waals surface area contributed by atoms with Crippen LogP contribution in [0.1, 0.15) is 81.6 Å². The van der Waals surface area contributed by atoms with E-state index in [0.717, 1.165) is 50.5 Å². The quantitative estimate of drug-likeness (QED) is 0.164. The molecule has 3 fully saturated rings. The number of rotatable bonds is 10. The van der Waals surface area contributed by atoms with Crippen molar-refractivity contribution in [3.63, 3.8) is 0 Å². The van der Waals surface area contributed by atoms with Gasteiger partial charge in [0, 0.05) is 17.8 Å². The average molecular weight is 677 g/mol. The van der Waals surface area contributed by atoms with Crippen molar-refractivity contribution in [3.05, 3.63) is 65.7 Å². The molecule has 2 aromatic carbocycles. The van der Waals surface area contributed by atoms with Gasteiger partial charge >= 0.3 is 24.1 Å². The number of benzene rings is 2. The number of methoxy groups -OCH3 is 1. The van der Waals surface area contributed by atoms with Crippen molar-refractivity contribution in [2.45, 2.75) is 84.0 Å². The van der Waals surface area contributed by atoms with Crippen molar-refractivity contribution in [1.29, 1.82) is 0 Å². The molecular formula is C38H48N2O9. The van der Waals surface area contributed by atoms with Crippen LogP contribution < -0.4 is 5.32 Å². The molecule has 0 aromatic heterocycles. The molecule has 0 radical (unpaired) electrons. The monoisotopic (exact) mass is 676 g/mol. The maximum Gasteiger partial charge on any atom is 0.411 e. The van der Waals surface area contributed by atoms with Gasteiger partial charge in [0.15, 0.2) is 12.4 Å². The summed E-state index contributed by atoms with van der Waals surface area (Å²) in [6, 6.07) is 14.7. The first-order valence-corrected chi connectivity index (χ1v) is 17.3. The molecule has 3 atom stereocenters. The Morgan fingerprint density at radius 1 is 0.796 bits per heavy atom. The van der Waals surface area contributed by atoms with Crippen LogP contribution in [0.25, 0.3) is 0 Å². The van der Waals surface area contributed by atoms with Gasteiger partial charge in [0.25, 0.3) is 0 Å². The van der Waals surface area contributed by atoms with E-state index in [1.807, 2.05) is 51.1 Å². The number of ketones is 1. The molecule has 1 heterocycles. The van der Waals surface area contributed by atoms with Gasteiger partial charge in [-0.15, -0.1) is 0 Å². The number of nitrogens with one attached hydrogen (secondary N) is 1. The summed E-state index contributed by atoms with van der Waals surface area (Å²) in [5.74, 6) is -0.732. The maximum atomic E-state index is 13.9. The summed E-state index contributed by atoms with van der Waals surface area (Å²) in [5.41, 5.74) is 1.07. The smallest absolute Gasteiger partial charge is 0.411 e. The highest BCUT2D eigenvalue weighted by Gasteiger charge is 2.51. The second-order valence-corrected chi connectivity index (χ2v) is 14.5. The third-order valence-corrected chi connectivity index (χ3v) is 9.82. The first-order chi connectivity index (χ1) is 23.4. The predicted octanol–water partition coefficient (Wildman–Crippen LogP) is 6.79. The number of hydrogen-bond acceptors (Lipinski definition) is 9. The first-order valence-electron chi connectivity index (χ1n) is 17.3. The van der Waals surface area contributed by atoms with Crippen molar-refractivity contribution < 1.29 is 42.9 Å². The summed E-state index contributed by atoms with van der Waals surface area (Å²) in [6.07, 6.45) is 4.63. The Balaban J connectivity index is 1.28. The van der Waals surface area contributed by atoms with Gasteiger partial charge in [-0.05, 0) is 119 Å². The van der Waals surface area contributed by atoms with E-state index in [1.54, 1.807) is 17.0 Å². The van der Waals surface area contributed by atoms with Crippen LogP contribution in [0.4, 0.5) is 15.3 Å². The molecule has 264 valence electrons. The normalized spacial score (nSPS) is 23.9. The summed E-state index contributed by atoms with van der Waals surface area (Å²) in [5, 5.41) is 2.52. The third kappa shape index (κ3) is 9.83. The molecule has 2 aliphatic carbocycles. The van der Waals surface area contributed by atoms with Crippen LogP contribution in [0, 0.1) is 29.6 Å². The van der Waals surface area contributed by atoms with Crippen LogP contribution in [0.15, 0.2) is 54.6 Å². The highest BCUT2D eigenvalue weighted by atomic mass is 16.6. The van der Waals surface area contributed by atoms with Crippen molar-refractivity contribution in [3.8, 4) is 0 Å². The second-order valence-electron chi connectivity index (χ2n) is 14.5. The molecule has 0 bridgehead atoms. The van der Waals surface area contributed by atoms with Crippen LogP contribution in [0.5, 0.6) is 0 Å². The SMILES string of the molecule is COC(=O)Nc1ccc(C(=O)COC(=O)C2C(C3CC3)CC(C3CCC(C(=O)OC(C)(C)C)CC3)CN2C(=O)OCc2ccccc2)cc1. The fourth-order valence-corrected chi connectivity index (χ4v) is 7.18. The standard InChI is InChI=1S/C38H48N2O9/c1-38(2,3)49-34(42)28-14-10-25(11-15-28)29-20-31(26-12-13-26)33(40(21-29)37(45)48-22-24-8-6-5-7-9-24)35(43)47-23-32(41)27-16-18-30(19-17-27)39-36(44)46-4/h5-9,16-19,25-26,28-29,31,33H,10-15,20-23H2,1-4H3,(H,39,44). The van der Waals surface area contributed by atoms with Gasteiger partial charge in [-0.2, -0.15) is 0 Å². The molecule has 0 spiro atoms. The lowest BCUT2D eigenvalue weighted by Gasteiger charge is -2.46. The van der Waals surface area contributed by atoms with Gasteiger partial charge < -0.3 is 18.9 Å². The van der Waals surface area contributed by atoms with E-state index in [2.05, 4.69) is 10.1 Å². The first kappa shape index (κ1) is 35.9. The van der Waals surface area contributed by atoms with Gasteiger partial charge in [0.1, 0.15) is 18.2 Å². The maximum absolute atomic E-state index is 13.9. The summed E-state index contributed by atoms with van der Waals surface area (Å²) >= 11 is 0. The molecule has 2 amide bonds. The topological polar surface area (TPSA) is 138 Å². The van der Waals surface area contributed by atoms with Crippen LogP contribution in [0.2, 0.25) is 0 Å². The zero-order valence-corrected chi connectivity index (χ0v) is 28.9. The number of nitrogens with zero attached hydrogens (tertiary/aromatic N) is 1. The van der Waals surface area contributed by atoms with E-state index in [9.17, 15) is 24.0 Å². The van der Waals surface area contributed by atoms with Crippen molar-refractivity contribution in [2.75, 3.05) is 25.6 Å². The Morgan fingerprint density at radius 2 is 1.45 bits per heavy atom. The Labute approximate surface area is 288 Å². The number of piperidine rings is 1. The Morgan fingerprint density at radius 3 is 2.06 bits per heavy atom. The average Bonchev–Trinajstić information content (AvgIpc) is 3.95. The number of likely N-dealkylation sites (tertiary alicyclic amines) is 1. The lowest BCUT2D eigenvalue weighted by molar-refractivity contribution is -0.162.